The van der Waals surface area contributed by atoms with Crippen molar-refractivity contribution in [3.05, 3.63) is 77.2 Å². The summed E-state index contributed by atoms with van der Waals surface area (Å²) in [6.07, 6.45) is -2.96. The maximum atomic E-state index is 14.6. The molecule has 3 heterocycles. The first-order valence-corrected chi connectivity index (χ1v) is 9.45. The minimum absolute atomic E-state index is 0.0964. The molecule has 1 amide bonds. The van der Waals surface area contributed by atoms with Gasteiger partial charge in [0.2, 0.25) is 0 Å². The topological polar surface area (TPSA) is 95.1 Å². The molecule has 4 rings (SSSR count). The molecular weight excluding hydrogens is 449 g/mol. The number of carbonyl (C=O) groups excluding carboxylic acids is 1. The fraction of sp³-hybridized carbons (Fsp3) is 0.136. The first-order chi connectivity index (χ1) is 15.6. The van der Waals surface area contributed by atoms with Crippen LogP contribution in [-0.2, 0) is 11.2 Å². The Bertz CT molecular complexity index is 1200. The number of fused-ring (bicyclic) bond motifs is 1. The zero-order valence-corrected chi connectivity index (χ0v) is 16.7. The molecule has 33 heavy (non-hydrogen) atoms. The van der Waals surface area contributed by atoms with Crippen molar-refractivity contribution in [2.75, 3.05) is 6.54 Å². The molecule has 0 saturated carbocycles. The highest BCUT2D eigenvalue weighted by molar-refractivity contribution is 5.97. The predicted octanol–water partition coefficient (Wildman–Crippen LogP) is 4.76. The van der Waals surface area contributed by atoms with Crippen molar-refractivity contribution in [2.24, 2.45) is 0 Å². The predicted molar refractivity (Wildman–Crippen MR) is 109 cm³/mol. The molecule has 1 aromatic carbocycles. The molecule has 0 bridgehead atoms. The van der Waals surface area contributed by atoms with Crippen molar-refractivity contribution in [1.82, 2.24) is 15.3 Å². The number of pyridine rings is 1. The van der Waals surface area contributed by atoms with Crippen LogP contribution in [0.15, 0.2) is 54.7 Å². The van der Waals surface area contributed by atoms with E-state index in [0.717, 1.165) is 5.69 Å². The van der Waals surface area contributed by atoms with Crippen molar-refractivity contribution in [3.8, 4) is 11.3 Å². The van der Waals surface area contributed by atoms with E-state index in [-0.39, 0.29) is 17.2 Å². The normalized spacial score (nSPS) is 13.8. The molecule has 0 saturated heterocycles. The summed E-state index contributed by atoms with van der Waals surface area (Å²) in [5.41, 5.74) is 2.78. The lowest BCUT2D eigenvalue weighted by Gasteiger charge is -2.10. The van der Waals surface area contributed by atoms with E-state index in [1.165, 1.54) is 24.4 Å². The highest BCUT2D eigenvalue weighted by Crippen LogP contribution is 2.30. The van der Waals surface area contributed by atoms with Crippen molar-refractivity contribution in [1.29, 1.82) is 0 Å². The molecule has 0 unspecified atom stereocenters. The van der Waals surface area contributed by atoms with Crippen molar-refractivity contribution < 1.29 is 36.6 Å². The van der Waals surface area contributed by atoms with Gasteiger partial charge in [-0.3, -0.25) is 9.78 Å². The van der Waals surface area contributed by atoms with Crippen LogP contribution in [0, 0.1) is 0 Å². The van der Waals surface area contributed by atoms with E-state index in [4.69, 9.17) is 9.90 Å². The third-order valence-corrected chi connectivity index (χ3v) is 4.56. The molecular formula is C22H16F5N3O3. The van der Waals surface area contributed by atoms with Crippen LogP contribution < -0.4 is 5.32 Å². The van der Waals surface area contributed by atoms with Gasteiger partial charge in [0.15, 0.2) is 11.7 Å². The first kappa shape index (κ1) is 23.6. The van der Waals surface area contributed by atoms with Gasteiger partial charge in [0.25, 0.3) is 5.91 Å². The van der Waals surface area contributed by atoms with Crippen LogP contribution in [0.25, 0.3) is 22.9 Å². The summed E-state index contributed by atoms with van der Waals surface area (Å²) in [4.78, 5) is 27.9. The van der Waals surface area contributed by atoms with Gasteiger partial charge in [0.05, 0.1) is 5.56 Å². The van der Waals surface area contributed by atoms with Gasteiger partial charge in [-0.05, 0) is 18.2 Å². The molecule has 6 nitrogen and oxygen atoms in total. The van der Waals surface area contributed by atoms with Crippen LogP contribution in [0.3, 0.4) is 0 Å². The summed E-state index contributed by atoms with van der Waals surface area (Å²) in [6.45, 7) is 0.576. The number of H-pyrrole nitrogens is 1. The third kappa shape index (κ3) is 5.62. The zero-order chi connectivity index (χ0) is 24.2. The Balaban J connectivity index is 0.000000383. The third-order valence-electron chi connectivity index (χ3n) is 4.56. The Labute approximate surface area is 183 Å². The lowest BCUT2D eigenvalue weighted by Crippen LogP contribution is -2.31. The number of hydrogen-bond donors (Lipinski definition) is 3. The highest BCUT2D eigenvalue weighted by Gasteiger charge is 2.38. The Kier molecular flexibility index (Phi) is 6.90. The summed E-state index contributed by atoms with van der Waals surface area (Å²) < 4.78 is 60.7. The quantitative estimate of drug-likeness (QED) is 0.486. The summed E-state index contributed by atoms with van der Waals surface area (Å²) in [5.74, 6) is -4.87. The fourth-order valence-electron chi connectivity index (χ4n) is 2.99. The second kappa shape index (κ2) is 9.63. The number of halogens is 5. The molecule has 1 aliphatic heterocycles. The molecule has 11 heteroatoms. The maximum Gasteiger partial charge on any atom is 0.490 e. The SMILES string of the molecule is O=C(O)C(F)(F)F.O=C1NCCc2[nH]c(-c3ccnc(/C(F)=C(\F)c4ccccc4)c3)cc21. The Morgan fingerprint density at radius 3 is 2.30 bits per heavy atom. The monoisotopic (exact) mass is 465 g/mol. The lowest BCUT2D eigenvalue weighted by atomic mass is 10.1. The Hall–Kier alpha value is -4.02. The number of aromatic amines is 1. The number of rotatable bonds is 3. The minimum Gasteiger partial charge on any atom is -0.475 e. The van der Waals surface area contributed by atoms with Crippen molar-refractivity contribution in [2.45, 2.75) is 12.6 Å². The first-order valence-electron chi connectivity index (χ1n) is 9.45. The van der Waals surface area contributed by atoms with Gasteiger partial charge in [-0.25, -0.2) is 13.6 Å². The number of aromatic nitrogens is 2. The van der Waals surface area contributed by atoms with Crippen LogP contribution in [0.1, 0.15) is 27.3 Å². The van der Waals surface area contributed by atoms with Crippen LogP contribution in [0.2, 0.25) is 0 Å². The lowest BCUT2D eigenvalue weighted by molar-refractivity contribution is -0.192. The van der Waals surface area contributed by atoms with E-state index in [9.17, 15) is 26.7 Å². The minimum atomic E-state index is -5.08. The van der Waals surface area contributed by atoms with E-state index >= 15 is 0 Å². The van der Waals surface area contributed by atoms with Gasteiger partial charge >= 0.3 is 12.1 Å². The van der Waals surface area contributed by atoms with E-state index in [2.05, 4.69) is 15.3 Å². The van der Waals surface area contributed by atoms with Gasteiger partial charge < -0.3 is 15.4 Å². The van der Waals surface area contributed by atoms with Gasteiger partial charge in [-0.2, -0.15) is 13.2 Å². The van der Waals surface area contributed by atoms with E-state index in [0.29, 0.717) is 29.8 Å². The van der Waals surface area contributed by atoms with Gasteiger partial charge in [0, 0.05) is 41.7 Å². The maximum absolute atomic E-state index is 14.6. The van der Waals surface area contributed by atoms with E-state index in [1.807, 2.05) is 0 Å². The summed E-state index contributed by atoms with van der Waals surface area (Å²) in [5, 5.41) is 9.90. The second-order valence-electron chi connectivity index (χ2n) is 6.81. The number of hydrogen-bond acceptors (Lipinski definition) is 3. The van der Waals surface area contributed by atoms with Gasteiger partial charge in [0.1, 0.15) is 5.69 Å². The molecule has 172 valence electrons. The zero-order valence-electron chi connectivity index (χ0n) is 16.7. The molecule has 0 aliphatic carbocycles. The number of amides is 1. The molecule has 3 N–H and O–H groups in total. The fourth-order valence-corrected chi connectivity index (χ4v) is 2.99. The summed E-state index contributed by atoms with van der Waals surface area (Å²) in [7, 11) is 0. The molecule has 0 radical (unpaired) electrons. The molecule has 2 aromatic heterocycles. The van der Waals surface area contributed by atoms with Crippen LogP contribution in [-0.4, -0.2) is 39.7 Å². The smallest absolute Gasteiger partial charge is 0.475 e. The molecule has 0 fully saturated rings. The molecule has 1 aliphatic rings. The molecule has 0 spiro atoms. The standard InChI is InChI=1S/C20H15F2N3O.C2HF3O2/c21-18(12-4-2-1-3-5-12)19(22)17-10-13(6-8-23-17)16-11-14-15(25-16)7-9-24-20(14)26;3-2(4,5)1(6)7/h1-6,8,10-11,25H,7,9H2,(H,24,26);(H,6,7)/b19-18+;. The van der Waals surface area contributed by atoms with Gasteiger partial charge in [-0.1, -0.05) is 30.3 Å². The Morgan fingerprint density at radius 2 is 1.70 bits per heavy atom. The van der Waals surface area contributed by atoms with Crippen LogP contribution in [0.5, 0.6) is 0 Å². The highest BCUT2D eigenvalue weighted by atomic mass is 19.4. The number of carboxylic acids is 1. The number of carboxylic acid groups (broad SMARTS) is 1. The number of alkyl halides is 3. The molecule has 3 aromatic rings. The summed E-state index contributed by atoms with van der Waals surface area (Å²) in [6, 6.07) is 12.9. The average Bonchev–Trinajstić information content (AvgIpc) is 3.24. The van der Waals surface area contributed by atoms with E-state index in [1.54, 1.807) is 30.3 Å². The van der Waals surface area contributed by atoms with E-state index < -0.39 is 23.8 Å². The summed E-state index contributed by atoms with van der Waals surface area (Å²) >= 11 is 0. The Morgan fingerprint density at radius 1 is 1.03 bits per heavy atom. The number of nitrogens with zero attached hydrogens (tertiary/aromatic N) is 1. The second-order valence-corrected chi connectivity index (χ2v) is 6.81. The van der Waals surface area contributed by atoms with Gasteiger partial charge in [-0.15, -0.1) is 0 Å². The van der Waals surface area contributed by atoms with Crippen molar-refractivity contribution >= 4 is 23.5 Å². The average molecular weight is 465 g/mol. The van der Waals surface area contributed by atoms with Crippen LogP contribution >= 0.6 is 0 Å². The molecule has 0 atom stereocenters. The van der Waals surface area contributed by atoms with Crippen molar-refractivity contribution in [3.63, 3.8) is 0 Å². The van der Waals surface area contributed by atoms with Crippen LogP contribution in [0.4, 0.5) is 22.0 Å². The number of aliphatic carboxylic acids is 1. The number of nitrogens with one attached hydrogen (secondary N) is 2. The largest absolute Gasteiger partial charge is 0.490 e. The number of benzene rings is 1. The number of carbonyl (C=O) groups is 2.